The molecule has 2 heterocycles. The van der Waals surface area contributed by atoms with Gasteiger partial charge in [0.2, 0.25) is 0 Å². The first kappa shape index (κ1) is 14.8. The van der Waals surface area contributed by atoms with E-state index in [0.29, 0.717) is 19.2 Å². The van der Waals surface area contributed by atoms with Crippen molar-refractivity contribution in [3.8, 4) is 0 Å². The quantitative estimate of drug-likeness (QED) is 0.836. The standard InChI is InChI=1S/C15H24N4O/c1-12(2)18(10-11-20-3)15-13(7-8-16)19-9-5-4-6-14(19)17-15/h4-6,9,12H,7-8,10-11,16H2,1-3H3. The molecule has 0 bridgehead atoms. The maximum atomic E-state index is 5.77. The molecule has 0 spiro atoms. The molecular formula is C15H24N4O. The van der Waals surface area contributed by atoms with Crippen LogP contribution in [0.2, 0.25) is 0 Å². The van der Waals surface area contributed by atoms with Gasteiger partial charge >= 0.3 is 0 Å². The summed E-state index contributed by atoms with van der Waals surface area (Å²) in [7, 11) is 1.73. The number of ether oxygens (including phenoxy) is 1. The molecule has 0 aliphatic rings. The van der Waals surface area contributed by atoms with E-state index in [2.05, 4.69) is 23.1 Å². The van der Waals surface area contributed by atoms with Crippen LogP contribution in [-0.4, -0.2) is 42.2 Å². The maximum Gasteiger partial charge on any atom is 0.151 e. The van der Waals surface area contributed by atoms with Crippen LogP contribution in [0, 0.1) is 0 Å². The summed E-state index contributed by atoms with van der Waals surface area (Å²) in [4.78, 5) is 7.06. The predicted molar refractivity (Wildman–Crippen MR) is 82.3 cm³/mol. The number of hydrogen-bond donors (Lipinski definition) is 1. The van der Waals surface area contributed by atoms with Gasteiger partial charge in [-0.05, 0) is 32.5 Å². The largest absolute Gasteiger partial charge is 0.383 e. The Morgan fingerprint density at radius 3 is 2.85 bits per heavy atom. The molecule has 0 unspecified atom stereocenters. The highest BCUT2D eigenvalue weighted by atomic mass is 16.5. The highest BCUT2D eigenvalue weighted by Gasteiger charge is 2.19. The Hall–Kier alpha value is -1.59. The molecule has 5 nitrogen and oxygen atoms in total. The van der Waals surface area contributed by atoms with Gasteiger partial charge in [0, 0.05) is 32.3 Å². The number of aromatic nitrogens is 2. The minimum atomic E-state index is 0.367. The van der Waals surface area contributed by atoms with Gasteiger partial charge < -0.3 is 19.8 Å². The zero-order chi connectivity index (χ0) is 14.5. The number of fused-ring (bicyclic) bond motifs is 1. The van der Waals surface area contributed by atoms with Crippen molar-refractivity contribution in [2.75, 3.05) is 31.7 Å². The van der Waals surface area contributed by atoms with Gasteiger partial charge in [-0.2, -0.15) is 0 Å². The minimum Gasteiger partial charge on any atom is -0.383 e. The Balaban J connectivity index is 2.46. The van der Waals surface area contributed by atoms with Crippen molar-refractivity contribution >= 4 is 11.5 Å². The van der Waals surface area contributed by atoms with Crippen LogP contribution in [0.1, 0.15) is 19.5 Å². The topological polar surface area (TPSA) is 55.8 Å². The molecule has 0 amide bonds. The number of pyridine rings is 1. The molecule has 0 aromatic carbocycles. The molecule has 2 aromatic heterocycles. The third-order valence-corrected chi connectivity index (χ3v) is 3.42. The summed E-state index contributed by atoms with van der Waals surface area (Å²) < 4.78 is 7.35. The number of nitrogens with two attached hydrogens (primary N) is 1. The first-order valence-corrected chi connectivity index (χ1v) is 7.10. The molecule has 0 radical (unpaired) electrons. The Morgan fingerprint density at radius 2 is 2.20 bits per heavy atom. The number of rotatable bonds is 7. The summed E-state index contributed by atoms with van der Waals surface area (Å²) >= 11 is 0. The lowest BCUT2D eigenvalue weighted by Gasteiger charge is -2.27. The molecule has 20 heavy (non-hydrogen) atoms. The number of imidazole rings is 1. The summed E-state index contributed by atoms with van der Waals surface area (Å²) in [6.45, 7) is 6.48. The van der Waals surface area contributed by atoms with Crippen molar-refractivity contribution in [1.29, 1.82) is 0 Å². The lowest BCUT2D eigenvalue weighted by atomic mass is 10.2. The molecular weight excluding hydrogens is 252 g/mol. The molecule has 0 aliphatic heterocycles. The number of methoxy groups -OCH3 is 1. The van der Waals surface area contributed by atoms with E-state index in [-0.39, 0.29) is 0 Å². The fourth-order valence-corrected chi connectivity index (χ4v) is 2.43. The summed E-state index contributed by atoms with van der Waals surface area (Å²) in [6.07, 6.45) is 2.86. The van der Waals surface area contributed by atoms with Gasteiger partial charge in [0.05, 0.1) is 12.3 Å². The van der Waals surface area contributed by atoms with Crippen LogP contribution in [0.25, 0.3) is 5.65 Å². The average Bonchev–Trinajstić information content (AvgIpc) is 2.78. The monoisotopic (exact) mass is 276 g/mol. The molecule has 0 aliphatic carbocycles. The van der Waals surface area contributed by atoms with E-state index in [9.17, 15) is 0 Å². The van der Waals surface area contributed by atoms with Crippen molar-refractivity contribution in [3.63, 3.8) is 0 Å². The smallest absolute Gasteiger partial charge is 0.151 e. The predicted octanol–water partition coefficient (Wildman–Crippen LogP) is 1.70. The second-order valence-electron chi connectivity index (χ2n) is 5.13. The summed E-state index contributed by atoms with van der Waals surface area (Å²) in [5, 5.41) is 0. The minimum absolute atomic E-state index is 0.367. The lowest BCUT2D eigenvalue weighted by Crippen LogP contribution is -2.35. The lowest BCUT2D eigenvalue weighted by molar-refractivity contribution is 0.203. The van der Waals surface area contributed by atoms with Crippen LogP contribution in [0.3, 0.4) is 0 Å². The SMILES string of the molecule is COCCN(c1nc2ccccn2c1CCN)C(C)C. The van der Waals surface area contributed by atoms with E-state index < -0.39 is 0 Å². The molecule has 0 saturated heterocycles. The van der Waals surface area contributed by atoms with E-state index in [4.69, 9.17) is 15.5 Å². The summed E-state index contributed by atoms with van der Waals surface area (Å²) in [6, 6.07) is 6.42. The molecule has 2 rings (SSSR count). The highest BCUT2D eigenvalue weighted by molar-refractivity contribution is 5.56. The van der Waals surface area contributed by atoms with Gasteiger partial charge in [-0.25, -0.2) is 4.98 Å². The first-order chi connectivity index (χ1) is 9.69. The van der Waals surface area contributed by atoms with E-state index in [0.717, 1.165) is 24.4 Å². The van der Waals surface area contributed by atoms with Crippen molar-refractivity contribution in [3.05, 3.63) is 30.1 Å². The molecule has 2 N–H and O–H groups in total. The molecule has 2 aromatic rings. The van der Waals surface area contributed by atoms with Crippen LogP contribution in [0.4, 0.5) is 5.82 Å². The first-order valence-electron chi connectivity index (χ1n) is 7.10. The molecule has 110 valence electrons. The third-order valence-electron chi connectivity index (χ3n) is 3.42. The van der Waals surface area contributed by atoms with Crippen LogP contribution >= 0.6 is 0 Å². The van der Waals surface area contributed by atoms with Crippen LogP contribution in [0.5, 0.6) is 0 Å². The zero-order valence-corrected chi connectivity index (χ0v) is 12.5. The van der Waals surface area contributed by atoms with Gasteiger partial charge in [-0.15, -0.1) is 0 Å². The van der Waals surface area contributed by atoms with Crippen molar-refractivity contribution in [2.45, 2.75) is 26.3 Å². The molecule has 5 heteroatoms. The third kappa shape index (κ3) is 2.94. The van der Waals surface area contributed by atoms with Crippen molar-refractivity contribution in [2.24, 2.45) is 5.73 Å². The number of nitrogens with zero attached hydrogens (tertiary/aromatic N) is 3. The van der Waals surface area contributed by atoms with E-state index in [1.54, 1.807) is 7.11 Å². The molecule has 0 atom stereocenters. The highest BCUT2D eigenvalue weighted by Crippen LogP contribution is 2.23. The van der Waals surface area contributed by atoms with Gasteiger partial charge in [0.25, 0.3) is 0 Å². The summed E-state index contributed by atoms with van der Waals surface area (Å²) in [5.74, 6) is 1.02. The average molecular weight is 276 g/mol. The second-order valence-corrected chi connectivity index (χ2v) is 5.13. The van der Waals surface area contributed by atoms with Crippen LogP contribution in [-0.2, 0) is 11.2 Å². The van der Waals surface area contributed by atoms with E-state index in [1.807, 2.05) is 24.4 Å². The van der Waals surface area contributed by atoms with Crippen LogP contribution < -0.4 is 10.6 Å². The van der Waals surface area contributed by atoms with Crippen molar-refractivity contribution in [1.82, 2.24) is 9.38 Å². The molecule has 0 fully saturated rings. The summed E-state index contributed by atoms with van der Waals surface area (Å²) in [5.41, 5.74) is 7.91. The van der Waals surface area contributed by atoms with Gasteiger partial charge in [-0.1, -0.05) is 6.07 Å². The van der Waals surface area contributed by atoms with Crippen LogP contribution in [0.15, 0.2) is 24.4 Å². The molecule has 0 saturated carbocycles. The van der Waals surface area contributed by atoms with E-state index in [1.165, 1.54) is 5.69 Å². The Morgan fingerprint density at radius 1 is 1.40 bits per heavy atom. The fraction of sp³-hybridized carbons (Fsp3) is 0.533. The van der Waals surface area contributed by atoms with Crippen molar-refractivity contribution < 1.29 is 4.74 Å². The second kappa shape index (κ2) is 6.72. The Kier molecular flexibility index (Phi) is 4.98. The Bertz CT molecular complexity index is 550. The number of anilines is 1. The Labute approximate surface area is 120 Å². The van der Waals surface area contributed by atoms with Gasteiger partial charge in [0.15, 0.2) is 5.82 Å². The van der Waals surface area contributed by atoms with Gasteiger partial charge in [-0.3, -0.25) is 0 Å². The fourth-order valence-electron chi connectivity index (χ4n) is 2.43. The van der Waals surface area contributed by atoms with Gasteiger partial charge in [0.1, 0.15) is 5.65 Å². The maximum absolute atomic E-state index is 5.77. The van der Waals surface area contributed by atoms with E-state index >= 15 is 0 Å². The zero-order valence-electron chi connectivity index (χ0n) is 12.5. The number of hydrogen-bond acceptors (Lipinski definition) is 4. The normalized spacial score (nSPS) is 11.4.